The second-order valence-corrected chi connectivity index (χ2v) is 6.02. The molecular weight excluding hydrogens is 286 g/mol. The average Bonchev–Trinajstić information content (AvgIpc) is 2.45. The van der Waals surface area contributed by atoms with Gasteiger partial charge >= 0.3 is 0 Å². The predicted octanol–water partition coefficient (Wildman–Crippen LogP) is 4.06. The molecule has 0 aliphatic rings. The molecular formula is C16H26ClN3O. The second kappa shape index (κ2) is 8.23. The summed E-state index contributed by atoms with van der Waals surface area (Å²) in [6.07, 6.45) is 1.90. The van der Waals surface area contributed by atoms with Gasteiger partial charge in [-0.2, -0.15) is 0 Å². The van der Waals surface area contributed by atoms with Gasteiger partial charge in [-0.1, -0.05) is 39.3 Å². The van der Waals surface area contributed by atoms with Gasteiger partial charge < -0.3 is 10.2 Å². The van der Waals surface area contributed by atoms with Gasteiger partial charge in [0.2, 0.25) is 0 Å². The van der Waals surface area contributed by atoms with E-state index in [1.165, 1.54) is 0 Å². The quantitative estimate of drug-likeness (QED) is 0.772. The Bertz CT molecular complexity index is 473. The smallest absolute Gasteiger partial charge is 0.254 e. The summed E-state index contributed by atoms with van der Waals surface area (Å²) in [7, 11) is 1.76. The van der Waals surface area contributed by atoms with Crippen molar-refractivity contribution in [3.8, 4) is 0 Å². The molecule has 1 aromatic rings. The van der Waals surface area contributed by atoms with Crippen LogP contribution in [0.5, 0.6) is 0 Å². The molecule has 1 aromatic heterocycles. The third-order valence-corrected chi connectivity index (χ3v) is 3.70. The summed E-state index contributed by atoms with van der Waals surface area (Å²) in [5, 5.41) is 3.27. The van der Waals surface area contributed by atoms with Crippen LogP contribution in [-0.2, 0) is 0 Å². The summed E-state index contributed by atoms with van der Waals surface area (Å²) in [4.78, 5) is 19.0. The molecule has 0 bridgehead atoms. The van der Waals surface area contributed by atoms with E-state index in [2.05, 4.69) is 38.0 Å². The zero-order valence-corrected chi connectivity index (χ0v) is 14.4. The molecule has 0 radical (unpaired) electrons. The fraction of sp³-hybridized carbons (Fsp3) is 0.625. The molecule has 1 amide bonds. The number of pyridine rings is 1. The Morgan fingerprint density at radius 1 is 1.33 bits per heavy atom. The number of amides is 1. The molecule has 1 N–H and O–H groups in total. The van der Waals surface area contributed by atoms with Gasteiger partial charge in [0.1, 0.15) is 11.0 Å². The molecule has 0 atom stereocenters. The normalized spacial score (nSPS) is 11.0. The van der Waals surface area contributed by atoms with E-state index in [0.29, 0.717) is 22.5 Å². The number of hydrogen-bond donors (Lipinski definition) is 1. The van der Waals surface area contributed by atoms with Crippen LogP contribution in [0.1, 0.15) is 50.9 Å². The van der Waals surface area contributed by atoms with Crippen molar-refractivity contribution >= 4 is 23.3 Å². The van der Waals surface area contributed by atoms with E-state index in [9.17, 15) is 4.79 Å². The van der Waals surface area contributed by atoms with Crippen LogP contribution in [0.2, 0.25) is 5.15 Å². The minimum Gasteiger partial charge on any atom is -0.373 e. The van der Waals surface area contributed by atoms with Crippen molar-refractivity contribution in [2.45, 2.75) is 46.6 Å². The van der Waals surface area contributed by atoms with Crippen LogP contribution in [0.4, 0.5) is 5.82 Å². The van der Waals surface area contributed by atoms with E-state index in [-0.39, 0.29) is 11.9 Å². The Morgan fingerprint density at radius 2 is 1.95 bits per heavy atom. The maximum atomic E-state index is 12.9. The molecule has 0 aliphatic carbocycles. The van der Waals surface area contributed by atoms with Crippen molar-refractivity contribution in [1.82, 2.24) is 9.88 Å². The summed E-state index contributed by atoms with van der Waals surface area (Å²) in [6.45, 7) is 9.24. The third-order valence-electron chi connectivity index (χ3n) is 3.50. The van der Waals surface area contributed by atoms with Crippen LogP contribution in [0.3, 0.4) is 0 Å². The maximum Gasteiger partial charge on any atom is 0.254 e. The van der Waals surface area contributed by atoms with Gasteiger partial charge in [0.05, 0.1) is 0 Å². The van der Waals surface area contributed by atoms with E-state index >= 15 is 0 Å². The van der Waals surface area contributed by atoms with Crippen LogP contribution >= 0.6 is 11.6 Å². The van der Waals surface area contributed by atoms with Crippen molar-refractivity contribution in [3.05, 3.63) is 22.8 Å². The number of nitrogens with one attached hydrogen (secondary N) is 1. The third kappa shape index (κ3) is 4.88. The second-order valence-electron chi connectivity index (χ2n) is 5.64. The van der Waals surface area contributed by atoms with Gasteiger partial charge in [-0.3, -0.25) is 4.79 Å². The summed E-state index contributed by atoms with van der Waals surface area (Å²) in [6, 6.07) is 3.65. The molecule has 118 valence electrons. The first kappa shape index (κ1) is 17.8. The van der Waals surface area contributed by atoms with Crippen molar-refractivity contribution < 1.29 is 4.79 Å². The number of hydrogen-bond acceptors (Lipinski definition) is 3. The highest BCUT2D eigenvalue weighted by atomic mass is 35.5. The SMILES string of the molecule is CCC(CC)N(CC(C)C)C(=O)c1cc(Cl)nc(NC)c1. The van der Waals surface area contributed by atoms with Crippen LogP contribution in [0.15, 0.2) is 12.1 Å². The fourth-order valence-electron chi connectivity index (χ4n) is 2.43. The molecule has 0 spiro atoms. The highest BCUT2D eigenvalue weighted by Gasteiger charge is 2.24. The van der Waals surface area contributed by atoms with Crippen molar-refractivity contribution in [3.63, 3.8) is 0 Å². The number of nitrogens with zero attached hydrogens (tertiary/aromatic N) is 2. The van der Waals surface area contributed by atoms with Crippen molar-refractivity contribution in [1.29, 1.82) is 0 Å². The van der Waals surface area contributed by atoms with Gasteiger partial charge in [-0.15, -0.1) is 0 Å². The minimum atomic E-state index is 0.0261. The first-order valence-corrected chi connectivity index (χ1v) is 7.96. The fourth-order valence-corrected chi connectivity index (χ4v) is 2.64. The van der Waals surface area contributed by atoms with Crippen LogP contribution in [0, 0.1) is 5.92 Å². The summed E-state index contributed by atoms with van der Waals surface area (Å²) in [5.41, 5.74) is 0.590. The van der Waals surface area contributed by atoms with Gasteiger partial charge in [0.15, 0.2) is 0 Å². The Kier molecular flexibility index (Phi) is 6.96. The average molecular weight is 312 g/mol. The highest BCUT2D eigenvalue weighted by Crippen LogP contribution is 2.20. The highest BCUT2D eigenvalue weighted by molar-refractivity contribution is 6.29. The number of rotatable bonds is 7. The summed E-state index contributed by atoms with van der Waals surface area (Å²) in [5.74, 6) is 1.06. The van der Waals surface area contributed by atoms with E-state index in [1.807, 2.05) is 4.90 Å². The molecule has 0 saturated heterocycles. The molecule has 0 saturated carbocycles. The summed E-state index contributed by atoms with van der Waals surface area (Å²) < 4.78 is 0. The number of anilines is 1. The van der Waals surface area contributed by atoms with E-state index in [1.54, 1.807) is 19.2 Å². The standard InChI is InChI=1S/C16H26ClN3O/c1-6-13(7-2)20(10-11(3)4)16(21)12-8-14(17)19-15(9-12)18-5/h8-9,11,13H,6-7,10H2,1-5H3,(H,18,19). The number of carbonyl (C=O) groups is 1. The van der Waals surface area contributed by atoms with Crippen LogP contribution in [-0.4, -0.2) is 35.4 Å². The van der Waals surface area contributed by atoms with Gasteiger partial charge in [-0.25, -0.2) is 4.98 Å². The molecule has 1 heterocycles. The Hall–Kier alpha value is -1.29. The Labute approximate surface area is 132 Å². The molecule has 0 aromatic carbocycles. The molecule has 0 aliphatic heterocycles. The molecule has 1 rings (SSSR count). The molecule has 21 heavy (non-hydrogen) atoms. The molecule has 5 heteroatoms. The molecule has 0 fully saturated rings. The van der Waals surface area contributed by atoms with Gasteiger partial charge in [-0.05, 0) is 30.9 Å². The zero-order valence-electron chi connectivity index (χ0n) is 13.6. The molecule has 4 nitrogen and oxygen atoms in total. The minimum absolute atomic E-state index is 0.0261. The monoisotopic (exact) mass is 311 g/mol. The number of aromatic nitrogens is 1. The lowest BCUT2D eigenvalue weighted by molar-refractivity contribution is 0.0640. The van der Waals surface area contributed by atoms with Crippen LogP contribution in [0.25, 0.3) is 0 Å². The molecule has 0 unspecified atom stereocenters. The Balaban J connectivity index is 3.12. The lowest BCUT2D eigenvalue weighted by atomic mass is 10.1. The summed E-state index contributed by atoms with van der Waals surface area (Å²) >= 11 is 6.01. The topological polar surface area (TPSA) is 45.2 Å². The zero-order chi connectivity index (χ0) is 16.0. The van der Waals surface area contributed by atoms with Gasteiger partial charge in [0, 0.05) is 25.2 Å². The number of carbonyl (C=O) groups excluding carboxylic acids is 1. The Morgan fingerprint density at radius 3 is 2.43 bits per heavy atom. The lowest BCUT2D eigenvalue weighted by Gasteiger charge is -2.32. The predicted molar refractivity (Wildman–Crippen MR) is 89.0 cm³/mol. The maximum absolute atomic E-state index is 12.9. The number of halogens is 1. The first-order chi connectivity index (χ1) is 9.92. The van der Waals surface area contributed by atoms with Crippen LogP contribution < -0.4 is 5.32 Å². The largest absolute Gasteiger partial charge is 0.373 e. The van der Waals surface area contributed by atoms with Gasteiger partial charge in [0.25, 0.3) is 5.91 Å². The van der Waals surface area contributed by atoms with E-state index in [0.717, 1.165) is 19.4 Å². The van der Waals surface area contributed by atoms with Crippen molar-refractivity contribution in [2.24, 2.45) is 5.92 Å². The van der Waals surface area contributed by atoms with E-state index in [4.69, 9.17) is 11.6 Å². The first-order valence-electron chi connectivity index (χ1n) is 7.59. The van der Waals surface area contributed by atoms with Crippen molar-refractivity contribution in [2.75, 3.05) is 18.9 Å². The van der Waals surface area contributed by atoms with E-state index < -0.39 is 0 Å². The lowest BCUT2D eigenvalue weighted by Crippen LogP contribution is -2.42.